The highest BCUT2D eigenvalue weighted by molar-refractivity contribution is 5.88. The van der Waals surface area contributed by atoms with Crippen molar-refractivity contribution in [2.24, 2.45) is 5.41 Å². The quantitative estimate of drug-likeness (QED) is 0.577. The van der Waals surface area contributed by atoms with Crippen LogP contribution >= 0.6 is 0 Å². The topological polar surface area (TPSA) is 37.3 Å². The van der Waals surface area contributed by atoms with Gasteiger partial charge in [0.05, 0.1) is 0 Å². The van der Waals surface area contributed by atoms with E-state index in [4.69, 9.17) is 5.11 Å². The smallest absolute Gasteiger partial charge is 0.331 e. The number of carboxylic acid groups (broad SMARTS) is 1. The molecule has 0 bridgehead atoms. The van der Waals surface area contributed by atoms with Crippen molar-refractivity contribution in [3.63, 3.8) is 0 Å². The monoisotopic (exact) mass is 126 g/mol. The second kappa shape index (κ2) is 1.59. The average molecular weight is 126 g/mol. The van der Waals surface area contributed by atoms with Crippen LogP contribution < -0.4 is 0 Å². The highest BCUT2D eigenvalue weighted by atomic mass is 16.4. The van der Waals surface area contributed by atoms with Crippen LogP contribution in [0.2, 0.25) is 0 Å². The Kier molecular flexibility index (Phi) is 1.12. The highest BCUT2D eigenvalue weighted by Gasteiger charge is 2.30. The van der Waals surface area contributed by atoms with Gasteiger partial charge in [0.15, 0.2) is 0 Å². The van der Waals surface area contributed by atoms with Crippen molar-refractivity contribution < 1.29 is 9.90 Å². The lowest BCUT2D eigenvalue weighted by molar-refractivity contribution is -0.133. The Hall–Kier alpha value is -0.790. The van der Waals surface area contributed by atoms with E-state index >= 15 is 0 Å². The predicted molar refractivity (Wildman–Crippen MR) is 34.1 cm³/mol. The molecule has 0 spiro atoms. The van der Waals surface area contributed by atoms with Gasteiger partial charge in [-0.3, -0.25) is 0 Å². The van der Waals surface area contributed by atoms with Gasteiger partial charge in [-0.1, -0.05) is 19.9 Å². The standard InChI is InChI=1S/C7H10O2/c1-7(2)3-5(4-7)6(8)9/h3H,4H2,1-2H3,(H,8,9). The van der Waals surface area contributed by atoms with Gasteiger partial charge in [-0.15, -0.1) is 0 Å². The second-order valence-electron chi connectivity index (χ2n) is 3.14. The molecule has 0 amide bonds. The Labute approximate surface area is 54.2 Å². The Balaban J connectivity index is 2.65. The first-order valence-electron chi connectivity index (χ1n) is 2.96. The van der Waals surface area contributed by atoms with Crippen molar-refractivity contribution in [1.29, 1.82) is 0 Å². The molecule has 1 rings (SSSR count). The van der Waals surface area contributed by atoms with E-state index in [2.05, 4.69) is 0 Å². The van der Waals surface area contributed by atoms with Gasteiger partial charge in [0.1, 0.15) is 0 Å². The molecule has 0 heterocycles. The minimum atomic E-state index is -0.769. The molecule has 50 valence electrons. The third kappa shape index (κ3) is 1.12. The molecule has 9 heavy (non-hydrogen) atoms. The largest absolute Gasteiger partial charge is 0.478 e. The van der Waals surface area contributed by atoms with Crippen molar-refractivity contribution >= 4 is 5.97 Å². The number of hydrogen-bond acceptors (Lipinski definition) is 1. The third-order valence-corrected chi connectivity index (χ3v) is 1.49. The summed E-state index contributed by atoms with van der Waals surface area (Å²) in [5, 5.41) is 8.40. The van der Waals surface area contributed by atoms with E-state index in [1.807, 2.05) is 13.8 Å². The molecule has 0 radical (unpaired) electrons. The maximum atomic E-state index is 10.2. The zero-order valence-electron chi connectivity index (χ0n) is 5.64. The Morgan fingerprint density at radius 2 is 2.22 bits per heavy atom. The molecule has 2 nitrogen and oxygen atoms in total. The molecule has 0 unspecified atom stereocenters. The van der Waals surface area contributed by atoms with E-state index in [-0.39, 0.29) is 5.41 Å². The van der Waals surface area contributed by atoms with Crippen LogP contribution in [0.1, 0.15) is 20.3 Å². The number of carbonyl (C=O) groups is 1. The maximum Gasteiger partial charge on any atom is 0.331 e. The second-order valence-corrected chi connectivity index (χ2v) is 3.14. The van der Waals surface area contributed by atoms with Gasteiger partial charge < -0.3 is 5.11 Å². The van der Waals surface area contributed by atoms with Crippen molar-refractivity contribution in [3.8, 4) is 0 Å². The van der Waals surface area contributed by atoms with Gasteiger partial charge in [0.2, 0.25) is 0 Å². The Morgan fingerprint density at radius 3 is 2.33 bits per heavy atom. The molecule has 1 N–H and O–H groups in total. The first-order chi connectivity index (χ1) is 4.01. The molecular weight excluding hydrogens is 116 g/mol. The average Bonchev–Trinajstić information content (AvgIpc) is 1.59. The van der Waals surface area contributed by atoms with Crippen molar-refractivity contribution in [1.82, 2.24) is 0 Å². The number of rotatable bonds is 1. The maximum absolute atomic E-state index is 10.2. The lowest BCUT2D eigenvalue weighted by Gasteiger charge is -2.30. The molecular formula is C7H10O2. The predicted octanol–water partition coefficient (Wildman–Crippen LogP) is 1.43. The van der Waals surface area contributed by atoms with Crippen LogP contribution in [0.25, 0.3) is 0 Å². The summed E-state index contributed by atoms with van der Waals surface area (Å²) in [5.41, 5.74) is 0.688. The number of allylic oxidation sites excluding steroid dienone is 1. The molecule has 1 aliphatic rings. The lowest BCUT2D eigenvalue weighted by Crippen LogP contribution is -2.23. The summed E-state index contributed by atoms with van der Waals surface area (Å²) in [5.74, 6) is -0.769. The van der Waals surface area contributed by atoms with Gasteiger partial charge >= 0.3 is 5.97 Å². The molecule has 0 aromatic heterocycles. The van der Waals surface area contributed by atoms with Crippen LogP contribution in [0.15, 0.2) is 11.6 Å². The van der Waals surface area contributed by atoms with E-state index in [9.17, 15) is 4.79 Å². The van der Waals surface area contributed by atoms with Crippen molar-refractivity contribution in [2.45, 2.75) is 20.3 Å². The summed E-state index contributed by atoms with van der Waals surface area (Å²) in [6, 6.07) is 0. The fourth-order valence-electron chi connectivity index (χ4n) is 1.07. The van der Waals surface area contributed by atoms with Crippen LogP contribution in [0.5, 0.6) is 0 Å². The summed E-state index contributed by atoms with van der Waals surface area (Å²) >= 11 is 0. The molecule has 0 atom stereocenters. The van der Waals surface area contributed by atoms with Crippen LogP contribution in [-0.4, -0.2) is 11.1 Å². The molecule has 0 aromatic carbocycles. The summed E-state index contributed by atoms with van der Waals surface area (Å²) in [7, 11) is 0. The summed E-state index contributed by atoms with van der Waals surface area (Å²) in [6.45, 7) is 4.05. The van der Waals surface area contributed by atoms with Crippen molar-refractivity contribution in [3.05, 3.63) is 11.6 Å². The molecule has 0 saturated heterocycles. The zero-order chi connectivity index (χ0) is 7.07. The van der Waals surface area contributed by atoms with Crippen LogP contribution in [0.4, 0.5) is 0 Å². The molecule has 0 fully saturated rings. The lowest BCUT2D eigenvalue weighted by atomic mass is 9.74. The fraction of sp³-hybridized carbons (Fsp3) is 0.571. The summed E-state index contributed by atoms with van der Waals surface area (Å²) in [4.78, 5) is 10.2. The Morgan fingerprint density at radius 1 is 1.78 bits per heavy atom. The molecule has 1 aliphatic carbocycles. The normalized spacial score (nSPS) is 22.2. The number of aliphatic carboxylic acids is 1. The van der Waals surface area contributed by atoms with E-state index in [0.29, 0.717) is 12.0 Å². The fourth-order valence-corrected chi connectivity index (χ4v) is 1.07. The van der Waals surface area contributed by atoms with Crippen LogP contribution in [-0.2, 0) is 4.79 Å². The third-order valence-electron chi connectivity index (χ3n) is 1.49. The van der Waals surface area contributed by atoms with Gasteiger partial charge in [-0.25, -0.2) is 4.79 Å². The van der Waals surface area contributed by atoms with Gasteiger partial charge in [-0.05, 0) is 11.8 Å². The van der Waals surface area contributed by atoms with Crippen LogP contribution in [0, 0.1) is 5.41 Å². The minimum Gasteiger partial charge on any atom is -0.478 e. The zero-order valence-corrected chi connectivity index (χ0v) is 5.64. The molecule has 2 heteroatoms. The highest BCUT2D eigenvalue weighted by Crippen LogP contribution is 2.37. The number of hydrogen-bond donors (Lipinski definition) is 1. The van der Waals surface area contributed by atoms with Gasteiger partial charge in [0.25, 0.3) is 0 Å². The van der Waals surface area contributed by atoms with E-state index in [0.717, 1.165) is 0 Å². The van der Waals surface area contributed by atoms with Crippen molar-refractivity contribution in [2.75, 3.05) is 0 Å². The van der Waals surface area contributed by atoms with Gasteiger partial charge in [-0.2, -0.15) is 0 Å². The van der Waals surface area contributed by atoms with Crippen LogP contribution in [0.3, 0.4) is 0 Å². The molecule has 0 aromatic rings. The van der Waals surface area contributed by atoms with E-state index < -0.39 is 5.97 Å². The first-order valence-corrected chi connectivity index (χ1v) is 2.96. The Bertz CT molecular complexity index is 177. The molecule has 0 saturated carbocycles. The first kappa shape index (κ1) is 6.33. The summed E-state index contributed by atoms with van der Waals surface area (Å²) < 4.78 is 0. The minimum absolute atomic E-state index is 0.133. The number of carboxylic acids is 1. The van der Waals surface area contributed by atoms with E-state index in [1.165, 1.54) is 0 Å². The summed E-state index contributed by atoms with van der Waals surface area (Å²) in [6.07, 6.45) is 2.51. The van der Waals surface area contributed by atoms with Gasteiger partial charge in [0, 0.05) is 5.57 Å². The molecule has 0 aliphatic heterocycles. The van der Waals surface area contributed by atoms with E-state index in [1.54, 1.807) is 6.08 Å². The SMILES string of the molecule is CC1(C)C=C(C(=O)O)C1.